The molecular weight excluding hydrogens is 130 g/mol. The molecule has 1 unspecified atom stereocenters. The molecule has 2 aliphatic rings. The second-order valence-electron chi connectivity index (χ2n) is 2.56. The molecule has 2 rings (SSSR count). The Labute approximate surface area is 59.3 Å². The van der Waals surface area contributed by atoms with Gasteiger partial charge in [0.05, 0.1) is 6.04 Å². The Bertz CT molecular complexity index is 193. The van der Waals surface area contributed by atoms with Gasteiger partial charge in [0, 0.05) is 4.91 Å². The lowest BCUT2D eigenvalue weighted by Gasteiger charge is -2.32. The smallest absolute Gasteiger partial charge is 0.0533 e. The molecule has 1 saturated heterocycles. The first-order chi connectivity index (χ1) is 4.36. The van der Waals surface area contributed by atoms with Crippen LogP contribution in [0.1, 0.15) is 13.3 Å². The molecule has 2 heteroatoms. The van der Waals surface area contributed by atoms with Gasteiger partial charge in [0.1, 0.15) is 0 Å². The molecule has 0 aromatic rings. The molecule has 1 heterocycles. The van der Waals surface area contributed by atoms with Crippen LogP contribution >= 0.6 is 11.9 Å². The van der Waals surface area contributed by atoms with E-state index in [0.717, 1.165) is 0 Å². The first-order valence-corrected chi connectivity index (χ1v) is 3.97. The summed E-state index contributed by atoms with van der Waals surface area (Å²) in [6.45, 7) is 2.18. The summed E-state index contributed by atoms with van der Waals surface area (Å²) in [4.78, 5) is 1.50. The maximum Gasteiger partial charge on any atom is 0.0533 e. The Morgan fingerprint density at radius 1 is 1.67 bits per heavy atom. The topological polar surface area (TPSA) is 12.0 Å². The van der Waals surface area contributed by atoms with Gasteiger partial charge in [-0.25, -0.2) is 0 Å². The highest BCUT2D eigenvalue weighted by atomic mass is 32.2. The van der Waals surface area contributed by atoms with Crippen LogP contribution in [-0.2, 0) is 0 Å². The highest BCUT2D eigenvalue weighted by molar-refractivity contribution is 8.02. The normalized spacial score (nSPS) is 31.9. The van der Waals surface area contributed by atoms with E-state index in [2.05, 4.69) is 23.8 Å². The van der Waals surface area contributed by atoms with Gasteiger partial charge in [-0.2, -0.15) is 0 Å². The number of hydrogen-bond acceptors (Lipinski definition) is 2. The predicted octanol–water partition coefficient (Wildman–Crippen LogP) is 1.84. The molecule has 48 valence electrons. The van der Waals surface area contributed by atoms with E-state index in [9.17, 15) is 0 Å². The van der Waals surface area contributed by atoms with Crippen molar-refractivity contribution in [3.8, 4) is 0 Å². The molecule has 1 nitrogen and oxygen atoms in total. The minimum absolute atomic E-state index is 0.667. The Hall–Kier alpha value is -0.210. The van der Waals surface area contributed by atoms with Crippen molar-refractivity contribution >= 4 is 11.9 Å². The Morgan fingerprint density at radius 2 is 2.56 bits per heavy atom. The molecule has 1 aliphatic carbocycles. The highest BCUT2D eigenvalue weighted by Crippen LogP contribution is 2.35. The quantitative estimate of drug-likeness (QED) is 0.514. The summed E-state index contributed by atoms with van der Waals surface area (Å²) in [5.41, 5.74) is 1.48. The van der Waals surface area contributed by atoms with Crippen molar-refractivity contribution < 1.29 is 0 Å². The van der Waals surface area contributed by atoms with Gasteiger partial charge in [0.25, 0.3) is 0 Å². The van der Waals surface area contributed by atoms with Crippen LogP contribution in [0, 0.1) is 0 Å². The number of allylic oxidation sites excluding steroid dienone is 2. The minimum atomic E-state index is 0.667. The monoisotopic (exact) mass is 139 g/mol. The van der Waals surface area contributed by atoms with E-state index in [-0.39, 0.29) is 0 Å². The van der Waals surface area contributed by atoms with Crippen molar-refractivity contribution in [2.75, 3.05) is 0 Å². The average Bonchev–Trinajstić information content (AvgIpc) is 1.78. The van der Waals surface area contributed by atoms with Crippen LogP contribution in [0.25, 0.3) is 0 Å². The maximum atomic E-state index is 3.29. The van der Waals surface area contributed by atoms with Gasteiger partial charge in [-0.3, -0.25) is 4.72 Å². The van der Waals surface area contributed by atoms with E-state index in [1.807, 2.05) is 0 Å². The second-order valence-corrected chi connectivity index (χ2v) is 3.47. The number of rotatable bonds is 0. The molecule has 1 aliphatic heterocycles. The van der Waals surface area contributed by atoms with Crippen molar-refractivity contribution in [3.05, 3.63) is 22.6 Å². The average molecular weight is 139 g/mol. The molecule has 0 saturated carbocycles. The molecule has 1 fully saturated rings. The Balaban J connectivity index is 2.23. The van der Waals surface area contributed by atoms with Gasteiger partial charge in [-0.1, -0.05) is 11.6 Å². The fourth-order valence-corrected chi connectivity index (χ4v) is 1.84. The summed E-state index contributed by atoms with van der Waals surface area (Å²) in [6, 6.07) is 0.667. The lowest BCUT2D eigenvalue weighted by molar-refractivity contribution is 0.698. The lowest BCUT2D eigenvalue weighted by atomic mass is 10.0. The third kappa shape index (κ3) is 0.825. The van der Waals surface area contributed by atoms with Crippen molar-refractivity contribution in [3.63, 3.8) is 0 Å². The van der Waals surface area contributed by atoms with Crippen LogP contribution < -0.4 is 4.72 Å². The molecule has 0 bridgehead atoms. The van der Waals surface area contributed by atoms with E-state index in [4.69, 9.17) is 0 Å². The van der Waals surface area contributed by atoms with Crippen LogP contribution in [0.15, 0.2) is 22.6 Å². The molecule has 0 aromatic heterocycles. The molecule has 1 atom stereocenters. The van der Waals surface area contributed by atoms with E-state index in [0.29, 0.717) is 6.04 Å². The first kappa shape index (κ1) is 5.57. The van der Waals surface area contributed by atoms with Crippen LogP contribution in [0.2, 0.25) is 0 Å². The molecule has 0 spiro atoms. The zero-order valence-corrected chi connectivity index (χ0v) is 6.16. The number of fused-ring (bicyclic) bond motifs is 1. The molecule has 0 amide bonds. The van der Waals surface area contributed by atoms with Gasteiger partial charge in [0.15, 0.2) is 0 Å². The second kappa shape index (κ2) is 1.89. The number of nitrogens with one attached hydrogen (secondary N) is 1. The molecule has 9 heavy (non-hydrogen) atoms. The van der Waals surface area contributed by atoms with Gasteiger partial charge < -0.3 is 0 Å². The van der Waals surface area contributed by atoms with Gasteiger partial charge in [0.2, 0.25) is 0 Å². The van der Waals surface area contributed by atoms with Crippen molar-refractivity contribution in [2.24, 2.45) is 0 Å². The zero-order valence-electron chi connectivity index (χ0n) is 5.35. The lowest BCUT2D eigenvalue weighted by Crippen LogP contribution is -2.36. The Kier molecular flexibility index (Phi) is 1.17. The van der Waals surface area contributed by atoms with Crippen LogP contribution in [-0.4, -0.2) is 6.04 Å². The summed E-state index contributed by atoms with van der Waals surface area (Å²) >= 11 is 1.76. The summed E-state index contributed by atoms with van der Waals surface area (Å²) in [6.07, 6.45) is 5.63. The Morgan fingerprint density at radius 3 is 3.00 bits per heavy atom. The van der Waals surface area contributed by atoms with E-state index < -0.39 is 0 Å². The van der Waals surface area contributed by atoms with Crippen LogP contribution in [0.5, 0.6) is 0 Å². The van der Waals surface area contributed by atoms with Crippen molar-refractivity contribution in [1.82, 2.24) is 4.72 Å². The molecule has 0 aromatic carbocycles. The summed E-state index contributed by atoms with van der Waals surface area (Å²) < 4.78 is 3.29. The zero-order chi connectivity index (χ0) is 6.27. The third-order valence-electron chi connectivity index (χ3n) is 1.72. The third-order valence-corrected chi connectivity index (χ3v) is 2.78. The highest BCUT2D eigenvalue weighted by Gasteiger charge is 2.25. The SMILES string of the molecule is CC1=CC=C2SNC2C1. The largest absolute Gasteiger partial charge is 0.252 e. The summed E-state index contributed by atoms with van der Waals surface area (Å²) in [5, 5.41) is 0. The first-order valence-electron chi connectivity index (χ1n) is 3.16. The maximum absolute atomic E-state index is 3.29. The van der Waals surface area contributed by atoms with Gasteiger partial charge in [-0.15, -0.1) is 0 Å². The number of hydrogen-bond donors (Lipinski definition) is 1. The van der Waals surface area contributed by atoms with Crippen molar-refractivity contribution in [1.29, 1.82) is 0 Å². The molecule has 0 radical (unpaired) electrons. The fraction of sp³-hybridized carbons (Fsp3) is 0.429. The molecular formula is C7H9NS. The molecule has 1 N–H and O–H groups in total. The van der Waals surface area contributed by atoms with Crippen LogP contribution in [0.4, 0.5) is 0 Å². The minimum Gasteiger partial charge on any atom is -0.252 e. The van der Waals surface area contributed by atoms with E-state index in [1.54, 1.807) is 11.9 Å². The standard InChI is InChI=1S/C7H9NS/c1-5-2-3-7-6(4-5)8-9-7/h2-3,6,8H,4H2,1H3. The van der Waals surface area contributed by atoms with E-state index >= 15 is 0 Å². The predicted molar refractivity (Wildman–Crippen MR) is 41.0 cm³/mol. The van der Waals surface area contributed by atoms with Crippen molar-refractivity contribution in [2.45, 2.75) is 19.4 Å². The van der Waals surface area contributed by atoms with Gasteiger partial charge >= 0.3 is 0 Å². The van der Waals surface area contributed by atoms with Gasteiger partial charge in [-0.05, 0) is 31.4 Å². The summed E-state index contributed by atoms with van der Waals surface area (Å²) in [7, 11) is 0. The fourth-order valence-electron chi connectivity index (χ4n) is 1.12. The summed E-state index contributed by atoms with van der Waals surface area (Å²) in [5.74, 6) is 0. The van der Waals surface area contributed by atoms with E-state index in [1.165, 1.54) is 16.9 Å². The van der Waals surface area contributed by atoms with Crippen LogP contribution in [0.3, 0.4) is 0 Å².